The van der Waals surface area contributed by atoms with Gasteiger partial charge in [-0.1, -0.05) is 18.2 Å². The Morgan fingerprint density at radius 1 is 1.03 bits per heavy atom. The molecule has 0 bridgehead atoms. The van der Waals surface area contributed by atoms with Gasteiger partial charge in [-0.25, -0.2) is 8.42 Å². The maximum atomic E-state index is 12.6. The highest BCUT2D eigenvalue weighted by atomic mass is 32.2. The number of hydrogen-bond acceptors (Lipinski definition) is 6. The van der Waals surface area contributed by atoms with E-state index in [1.165, 1.54) is 16.4 Å². The largest absolute Gasteiger partial charge is 0.490 e. The van der Waals surface area contributed by atoms with Gasteiger partial charge in [0, 0.05) is 24.3 Å². The molecule has 32 heavy (non-hydrogen) atoms. The number of hydrogen-bond donors (Lipinski definition) is 0. The van der Waals surface area contributed by atoms with E-state index in [2.05, 4.69) is 0 Å². The average molecular weight is 459 g/mol. The molecule has 0 spiro atoms. The summed E-state index contributed by atoms with van der Waals surface area (Å²) in [5, 5.41) is 1.08. The monoisotopic (exact) mass is 458 g/mol. The number of aromatic nitrogens is 1. The van der Waals surface area contributed by atoms with E-state index in [9.17, 15) is 13.2 Å². The van der Waals surface area contributed by atoms with Crippen molar-refractivity contribution < 1.29 is 27.4 Å². The molecule has 1 aliphatic heterocycles. The fourth-order valence-corrected chi connectivity index (χ4v) is 5.10. The van der Waals surface area contributed by atoms with Crippen molar-refractivity contribution in [1.82, 2.24) is 8.87 Å². The number of rotatable bonds is 8. The van der Waals surface area contributed by atoms with Crippen molar-refractivity contribution in [3.63, 3.8) is 0 Å². The highest BCUT2D eigenvalue weighted by Crippen LogP contribution is 2.21. The lowest BCUT2D eigenvalue weighted by molar-refractivity contribution is -0.145. The quantitative estimate of drug-likeness (QED) is 0.381. The Bertz CT molecular complexity index is 1180. The molecule has 0 radical (unpaired) electrons. The molecule has 1 aliphatic rings. The molecule has 0 atom stereocenters. The van der Waals surface area contributed by atoms with Gasteiger partial charge in [0.15, 0.2) is 0 Å². The zero-order chi connectivity index (χ0) is 22.6. The topological polar surface area (TPSA) is 87.1 Å². The van der Waals surface area contributed by atoms with E-state index >= 15 is 0 Å². The lowest BCUT2D eigenvalue weighted by Crippen LogP contribution is -2.40. The normalized spacial score (nSPS) is 15.0. The molecule has 3 aromatic rings. The van der Waals surface area contributed by atoms with E-state index in [-0.39, 0.29) is 30.6 Å². The summed E-state index contributed by atoms with van der Waals surface area (Å²) in [6.07, 6.45) is 0. The number of benzene rings is 2. The van der Waals surface area contributed by atoms with Crippen LogP contribution in [0.4, 0.5) is 0 Å². The van der Waals surface area contributed by atoms with Crippen LogP contribution in [0.3, 0.4) is 0 Å². The van der Waals surface area contributed by atoms with Gasteiger partial charge in [-0.15, -0.1) is 0 Å². The third kappa shape index (κ3) is 4.95. The number of sulfonamides is 1. The molecular weight excluding hydrogens is 432 g/mol. The first-order valence-electron chi connectivity index (χ1n) is 10.5. The van der Waals surface area contributed by atoms with Crippen LogP contribution in [0.25, 0.3) is 10.9 Å². The van der Waals surface area contributed by atoms with Gasteiger partial charge >= 0.3 is 5.97 Å². The van der Waals surface area contributed by atoms with Crippen LogP contribution in [-0.2, 0) is 30.8 Å². The minimum Gasteiger partial charge on any atom is -0.490 e. The van der Waals surface area contributed by atoms with Gasteiger partial charge in [-0.2, -0.15) is 4.31 Å². The van der Waals surface area contributed by atoms with Gasteiger partial charge in [-0.05, 0) is 48.7 Å². The van der Waals surface area contributed by atoms with Crippen molar-refractivity contribution >= 4 is 26.9 Å². The molecular formula is C23H26N2O6S. The Hall–Kier alpha value is -2.88. The van der Waals surface area contributed by atoms with Gasteiger partial charge in [0.05, 0.1) is 18.1 Å². The molecule has 4 rings (SSSR count). The van der Waals surface area contributed by atoms with Crippen molar-refractivity contribution in [3.8, 4) is 5.75 Å². The second-order valence-corrected chi connectivity index (χ2v) is 9.43. The van der Waals surface area contributed by atoms with Crippen molar-refractivity contribution in [2.24, 2.45) is 0 Å². The molecule has 0 unspecified atom stereocenters. The van der Waals surface area contributed by atoms with Crippen LogP contribution in [0.1, 0.15) is 5.69 Å². The summed E-state index contributed by atoms with van der Waals surface area (Å²) in [5.41, 5.74) is 1.98. The van der Waals surface area contributed by atoms with Gasteiger partial charge < -0.3 is 18.8 Å². The Morgan fingerprint density at radius 3 is 2.50 bits per heavy atom. The number of morpholine rings is 1. The van der Waals surface area contributed by atoms with Crippen LogP contribution in [0.2, 0.25) is 0 Å². The van der Waals surface area contributed by atoms with Gasteiger partial charge in [-0.3, -0.25) is 4.79 Å². The fraction of sp³-hybridized carbons (Fsp3) is 0.348. The van der Waals surface area contributed by atoms with Gasteiger partial charge in [0.2, 0.25) is 10.0 Å². The third-order valence-corrected chi connectivity index (χ3v) is 7.26. The summed E-state index contributed by atoms with van der Waals surface area (Å²) in [7, 11) is -3.53. The summed E-state index contributed by atoms with van der Waals surface area (Å²) < 4.78 is 44.7. The second-order valence-electron chi connectivity index (χ2n) is 7.49. The lowest BCUT2D eigenvalue weighted by atomic mass is 10.2. The molecule has 0 N–H and O–H groups in total. The summed E-state index contributed by atoms with van der Waals surface area (Å²) >= 11 is 0. The first-order chi connectivity index (χ1) is 15.4. The van der Waals surface area contributed by atoms with Crippen molar-refractivity contribution in [3.05, 3.63) is 60.3 Å². The van der Waals surface area contributed by atoms with E-state index in [0.29, 0.717) is 32.1 Å². The maximum Gasteiger partial charge on any atom is 0.326 e. The summed E-state index contributed by atoms with van der Waals surface area (Å²) in [5.74, 6) is 0.166. The zero-order valence-electron chi connectivity index (χ0n) is 17.9. The Balaban J connectivity index is 1.26. The van der Waals surface area contributed by atoms with Crippen LogP contribution in [0, 0.1) is 6.92 Å². The maximum absolute atomic E-state index is 12.6. The van der Waals surface area contributed by atoms with Crippen LogP contribution >= 0.6 is 0 Å². The predicted molar refractivity (Wildman–Crippen MR) is 119 cm³/mol. The van der Waals surface area contributed by atoms with Crippen LogP contribution in [0.5, 0.6) is 5.75 Å². The summed E-state index contributed by atoms with van der Waals surface area (Å²) in [4.78, 5) is 12.5. The van der Waals surface area contributed by atoms with Crippen molar-refractivity contribution in [1.29, 1.82) is 0 Å². The smallest absolute Gasteiger partial charge is 0.326 e. The number of fused-ring (bicyclic) bond motifs is 1. The summed E-state index contributed by atoms with van der Waals surface area (Å²) in [6.45, 7) is 3.87. The SMILES string of the molecule is Cc1cc2ccccc2n1CC(=O)OCCOc1ccc(S(=O)(=O)N2CCOCC2)cc1. The molecule has 170 valence electrons. The lowest BCUT2D eigenvalue weighted by Gasteiger charge is -2.26. The number of nitrogens with zero attached hydrogens (tertiary/aromatic N) is 2. The minimum atomic E-state index is -3.53. The van der Waals surface area contributed by atoms with Crippen molar-refractivity contribution in [2.75, 3.05) is 39.5 Å². The van der Waals surface area contributed by atoms with Crippen molar-refractivity contribution in [2.45, 2.75) is 18.4 Å². The number of para-hydroxylation sites is 1. The average Bonchev–Trinajstić information content (AvgIpc) is 3.12. The van der Waals surface area contributed by atoms with E-state index < -0.39 is 10.0 Å². The second kappa shape index (κ2) is 9.72. The van der Waals surface area contributed by atoms with Gasteiger partial charge in [0.1, 0.15) is 25.5 Å². The first kappa shape index (κ1) is 22.3. The minimum absolute atomic E-state index is 0.102. The predicted octanol–water partition coefficient (Wildman–Crippen LogP) is 2.59. The first-order valence-corrected chi connectivity index (χ1v) is 11.9. The highest BCUT2D eigenvalue weighted by Gasteiger charge is 2.26. The number of esters is 1. The number of carbonyl (C=O) groups is 1. The van der Waals surface area contributed by atoms with Crippen LogP contribution in [-0.4, -0.2) is 62.8 Å². The third-order valence-electron chi connectivity index (χ3n) is 5.35. The number of carbonyl (C=O) groups excluding carboxylic acids is 1. The standard InChI is InChI=1S/C23H26N2O6S/c1-18-16-19-4-2-3-5-22(19)25(18)17-23(26)31-15-14-30-20-6-8-21(9-7-20)32(27,28)24-10-12-29-13-11-24/h2-9,16H,10-15,17H2,1H3. The Labute approximate surface area is 187 Å². The molecule has 0 saturated carbocycles. The van der Waals surface area contributed by atoms with E-state index in [4.69, 9.17) is 14.2 Å². The molecule has 0 aliphatic carbocycles. The Kier molecular flexibility index (Phi) is 6.78. The van der Waals surface area contributed by atoms with E-state index in [1.54, 1.807) is 12.1 Å². The molecule has 1 saturated heterocycles. The number of aryl methyl sites for hydroxylation is 1. The molecule has 2 aromatic carbocycles. The zero-order valence-corrected chi connectivity index (χ0v) is 18.7. The van der Waals surface area contributed by atoms with E-state index in [1.807, 2.05) is 41.8 Å². The van der Waals surface area contributed by atoms with Gasteiger partial charge in [0.25, 0.3) is 0 Å². The number of ether oxygens (including phenoxy) is 3. The highest BCUT2D eigenvalue weighted by molar-refractivity contribution is 7.89. The molecule has 2 heterocycles. The summed E-state index contributed by atoms with van der Waals surface area (Å²) in [6, 6.07) is 16.2. The molecule has 1 aromatic heterocycles. The Morgan fingerprint density at radius 2 is 1.75 bits per heavy atom. The molecule has 8 nitrogen and oxygen atoms in total. The fourth-order valence-electron chi connectivity index (χ4n) is 3.69. The molecule has 1 fully saturated rings. The molecule has 0 amide bonds. The molecule has 9 heteroatoms. The van der Waals surface area contributed by atoms with E-state index in [0.717, 1.165) is 16.6 Å². The van der Waals surface area contributed by atoms with Crippen LogP contribution < -0.4 is 4.74 Å². The van der Waals surface area contributed by atoms with Crippen LogP contribution in [0.15, 0.2) is 59.5 Å².